The first-order valence-electron chi connectivity index (χ1n) is 6.33. The summed E-state index contributed by atoms with van der Waals surface area (Å²) in [5.74, 6) is -0.330. The Morgan fingerprint density at radius 2 is 1.71 bits per heavy atom. The van der Waals surface area contributed by atoms with Gasteiger partial charge in [0.05, 0.1) is 6.21 Å². The summed E-state index contributed by atoms with van der Waals surface area (Å²) in [5.41, 5.74) is 3.53. The molecule has 0 aliphatic carbocycles. The molecule has 0 radical (unpaired) electrons. The summed E-state index contributed by atoms with van der Waals surface area (Å²) in [7, 11) is 0. The van der Waals surface area contributed by atoms with Gasteiger partial charge < -0.3 is 4.74 Å². The van der Waals surface area contributed by atoms with Crippen molar-refractivity contribution in [2.24, 2.45) is 5.10 Å². The summed E-state index contributed by atoms with van der Waals surface area (Å²) in [5, 5.41) is 3.87. The lowest BCUT2D eigenvalue weighted by molar-refractivity contribution is -0.131. The summed E-state index contributed by atoms with van der Waals surface area (Å²) in [6, 6.07) is 15.7. The molecule has 5 nitrogen and oxygen atoms in total. The monoisotopic (exact) mass is 282 g/mol. The molecule has 1 amide bonds. The Bertz CT molecular complexity index is 666. The van der Waals surface area contributed by atoms with Crippen molar-refractivity contribution >= 4 is 18.1 Å². The van der Waals surface area contributed by atoms with E-state index in [1.165, 1.54) is 13.1 Å². The molecule has 0 saturated carbocycles. The summed E-state index contributed by atoms with van der Waals surface area (Å²) < 4.78 is 5.04. The second kappa shape index (κ2) is 7.00. The maximum Gasteiger partial charge on any atom is 0.308 e. The predicted octanol–water partition coefficient (Wildman–Crippen LogP) is 2.38. The Balaban J connectivity index is 2.05. The molecule has 5 heteroatoms. The molecular formula is C16H14N2O3. The molecular weight excluding hydrogens is 268 g/mol. The van der Waals surface area contributed by atoms with Gasteiger partial charge in [-0.3, -0.25) is 9.59 Å². The minimum absolute atomic E-state index is 0.309. The lowest BCUT2D eigenvalue weighted by Gasteiger charge is -2.04. The number of carbonyl (C=O) groups excluding carboxylic acids is 2. The number of hydrogen-bond acceptors (Lipinski definition) is 4. The first-order chi connectivity index (χ1) is 10.2. The van der Waals surface area contributed by atoms with E-state index in [4.69, 9.17) is 4.74 Å². The fourth-order valence-corrected chi connectivity index (χ4v) is 1.65. The van der Waals surface area contributed by atoms with Gasteiger partial charge in [0.25, 0.3) is 5.91 Å². The quantitative estimate of drug-likeness (QED) is 0.405. The van der Waals surface area contributed by atoms with Crippen molar-refractivity contribution in [2.45, 2.75) is 6.92 Å². The van der Waals surface area contributed by atoms with Crippen LogP contribution in [0.15, 0.2) is 59.7 Å². The van der Waals surface area contributed by atoms with Crippen molar-refractivity contribution in [3.63, 3.8) is 0 Å². The van der Waals surface area contributed by atoms with Crippen LogP contribution in [0, 0.1) is 0 Å². The number of hydrogen-bond donors (Lipinski definition) is 1. The predicted molar refractivity (Wildman–Crippen MR) is 79.3 cm³/mol. The van der Waals surface area contributed by atoms with E-state index >= 15 is 0 Å². The highest BCUT2D eigenvalue weighted by molar-refractivity contribution is 5.95. The molecule has 0 atom stereocenters. The highest BCUT2D eigenvalue weighted by atomic mass is 16.5. The molecule has 0 saturated heterocycles. The molecule has 1 N–H and O–H groups in total. The molecule has 0 heterocycles. The van der Waals surface area contributed by atoms with Crippen molar-refractivity contribution < 1.29 is 14.3 Å². The second-order valence-electron chi connectivity index (χ2n) is 4.20. The van der Waals surface area contributed by atoms with Gasteiger partial charge >= 0.3 is 5.97 Å². The zero-order chi connectivity index (χ0) is 15.1. The van der Waals surface area contributed by atoms with Crippen LogP contribution in [0.25, 0.3) is 0 Å². The first-order valence-corrected chi connectivity index (χ1v) is 6.33. The van der Waals surface area contributed by atoms with Crippen LogP contribution in [0.4, 0.5) is 0 Å². The normalized spacial score (nSPS) is 10.3. The molecule has 21 heavy (non-hydrogen) atoms. The van der Waals surface area contributed by atoms with Gasteiger partial charge in [0, 0.05) is 18.1 Å². The van der Waals surface area contributed by atoms with Gasteiger partial charge in [0.2, 0.25) is 0 Å². The molecule has 0 bridgehead atoms. The van der Waals surface area contributed by atoms with Gasteiger partial charge in [-0.1, -0.05) is 30.3 Å². The highest BCUT2D eigenvalue weighted by Gasteiger charge is 2.04. The van der Waals surface area contributed by atoms with Gasteiger partial charge in [-0.15, -0.1) is 0 Å². The summed E-state index contributed by atoms with van der Waals surface area (Å²) in [6.07, 6.45) is 1.43. The topological polar surface area (TPSA) is 67.8 Å². The van der Waals surface area contributed by atoms with E-state index in [9.17, 15) is 9.59 Å². The van der Waals surface area contributed by atoms with Gasteiger partial charge in [-0.05, 0) is 24.3 Å². The fraction of sp³-hybridized carbons (Fsp3) is 0.0625. The van der Waals surface area contributed by atoms with Crippen molar-refractivity contribution in [2.75, 3.05) is 0 Å². The van der Waals surface area contributed by atoms with E-state index < -0.39 is 5.97 Å². The minimum atomic E-state index is -0.413. The second-order valence-corrected chi connectivity index (χ2v) is 4.20. The zero-order valence-corrected chi connectivity index (χ0v) is 11.4. The van der Waals surface area contributed by atoms with Crippen LogP contribution in [0.2, 0.25) is 0 Å². The van der Waals surface area contributed by atoms with Crippen LogP contribution < -0.4 is 10.2 Å². The molecule has 0 aromatic heterocycles. The van der Waals surface area contributed by atoms with Crippen molar-refractivity contribution in [1.82, 2.24) is 5.43 Å². The van der Waals surface area contributed by atoms with Gasteiger partial charge in [-0.2, -0.15) is 5.10 Å². The Morgan fingerprint density at radius 3 is 2.43 bits per heavy atom. The molecule has 0 aliphatic heterocycles. The number of esters is 1. The van der Waals surface area contributed by atoms with Crippen molar-refractivity contribution in [3.8, 4) is 5.75 Å². The molecule has 0 spiro atoms. The smallest absolute Gasteiger partial charge is 0.308 e. The third kappa shape index (κ3) is 4.28. The molecule has 106 valence electrons. The number of para-hydroxylation sites is 1. The van der Waals surface area contributed by atoms with Crippen LogP contribution in [0.5, 0.6) is 5.75 Å². The number of amides is 1. The van der Waals surface area contributed by atoms with Gasteiger partial charge in [-0.25, -0.2) is 5.43 Å². The molecule has 0 aliphatic rings. The van der Waals surface area contributed by atoms with Gasteiger partial charge in [0.1, 0.15) is 5.75 Å². The SMILES string of the molecule is CC(=O)Oc1ccccc1/C=N/NC(=O)c1ccccc1. The van der Waals surface area contributed by atoms with E-state index in [1.807, 2.05) is 6.07 Å². The van der Waals surface area contributed by atoms with Crippen molar-refractivity contribution in [3.05, 3.63) is 65.7 Å². The third-order valence-corrected chi connectivity index (χ3v) is 2.58. The molecule has 0 unspecified atom stereocenters. The van der Waals surface area contributed by atoms with E-state index in [-0.39, 0.29) is 5.91 Å². The molecule has 2 aromatic carbocycles. The Hall–Kier alpha value is -2.95. The van der Waals surface area contributed by atoms with Crippen LogP contribution >= 0.6 is 0 Å². The number of carbonyl (C=O) groups is 2. The Morgan fingerprint density at radius 1 is 1.05 bits per heavy atom. The van der Waals surface area contributed by atoms with Gasteiger partial charge in [0.15, 0.2) is 0 Å². The minimum Gasteiger partial charge on any atom is -0.426 e. The number of nitrogens with zero attached hydrogens (tertiary/aromatic N) is 1. The largest absolute Gasteiger partial charge is 0.426 e. The van der Waals surface area contributed by atoms with Crippen LogP contribution in [-0.2, 0) is 4.79 Å². The molecule has 0 fully saturated rings. The average Bonchev–Trinajstić information content (AvgIpc) is 2.49. The van der Waals surface area contributed by atoms with Crippen LogP contribution in [0.3, 0.4) is 0 Å². The zero-order valence-electron chi connectivity index (χ0n) is 11.4. The summed E-state index contributed by atoms with van der Waals surface area (Å²) in [4.78, 5) is 22.8. The summed E-state index contributed by atoms with van der Waals surface area (Å²) in [6.45, 7) is 1.32. The molecule has 2 aromatic rings. The average molecular weight is 282 g/mol. The third-order valence-electron chi connectivity index (χ3n) is 2.58. The standard InChI is InChI=1S/C16H14N2O3/c1-12(19)21-15-10-6-5-9-14(15)11-17-18-16(20)13-7-3-2-4-8-13/h2-11H,1H3,(H,18,20)/b17-11+. The molecule has 2 rings (SSSR count). The maximum atomic E-state index is 11.8. The van der Waals surface area contributed by atoms with E-state index in [0.717, 1.165) is 0 Å². The lowest BCUT2D eigenvalue weighted by Crippen LogP contribution is -2.17. The van der Waals surface area contributed by atoms with E-state index in [0.29, 0.717) is 16.9 Å². The number of rotatable bonds is 4. The van der Waals surface area contributed by atoms with Crippen LogP contribution in [0.1, 0.15) is 22.8 Å². The summed E-state index contributed by atoms with van der Waals surface area (Å²) >= 11 is 0. The first kappa shape index (κ1) is 14.5. The number of nitrogens with one attached hydrogen (secondary N) is 1. The van der Waals surface area contributed by atoms with E-state index in [1.54, 1.807) is 48.5 Å². The lowest BCUT2D eigenvalue weighted by atomic mass is 10.2. The highest BCUT2D eigenvalue weighted by Crippen LogP contribution is 2.15. The Kier molecular flexibility index (Phi) is 4.82. The van der Waals surface area contributed by atoms with Crippen LogP contribution in [-0.4, -0.2) is 18.1 Å². The number of hydrazone groups is 1. The fourth-order valence-electron chi connectivity index (χ4n) is 1.65. The number of benzene rings is 2. The number of ether oxygens (including phenoxy) is 1. The Labute approximate surface area is 122 Å². The maximum absolute atomic E-state index is 11.8. The van der Waals surface area contributed by atoms with Crippen molar-refractivity contribution in [1.29, 1.82) is 0 Å². The van der Waals surface area contributed by atoms with E-state index in [2.05, 4.69) is 10.5 Å².